The van der Waals surface area contributed by atoms with E-state index < -0.39 is 0 Å². The lowest BCUT2D eigenvalue weighted by Crippen LogP contribution is -2.12. The van der Waals surface area contributed by atoms with E-state index in [1.54, 1.807) is 0 Å². The molecule has 0 aromatic rings. The first kappa shape index (κ1) is 15.5. The van der Waals surface area contributed by atoms with Crippen LogP contribution in [0.5, 0.6) is 0 Å². The van der Waals surface area contributed by atoms with E-state index in [1.807, 2.05) is 0 Å². The zero-order chi connectivity index (χ0) is 11.4. The molecule has 0 radical (unpaired) electrons. The summed E-state index contributed by atoms with van der Waals surface area (Å²) in [5, 5.41) is 15.2. The average Bonchev–Trinajstić information content (AvgIpc) is 2.26. The van der Waals surface area contributed by atoms with Gasteiger partial charge in [0.25, 0.3) is 0 Å². The lowest BCUT2D eigenvalue weighted by atomic mass is 9.98. The van der Waals surface area contributed by atoms with Gasteiger partial charge in [0.05, 0.1) is 13.2 Å². The van der Waals surface area contributed by atoms with Gasteiger partial charge in [-0.25, -0.2) is 0 Å². The molecule has 2 N–H and O–H groups in total. The quantitative estimate of drug-likeness (QED) is 0.606. The zero-order valence-electron chi connectivity index (χ0n) is 8.37. The third-order valence-electron chi connectivity index (χ3n) is 1.47. The maximum absolute atomic E-state index is 10.5. The van der Waals surface area contributed by atoms with Crippen LogP contribution in [0.15, 0.2) is 13.2 Å². The van der Waals surface area contributed by atoms with Crippen molar-refractivity contribution in [2.24, 2.45) is 0 Å². The van der Waals surface area contributed by atoms with Gasteiger partial charge >= 0.3 is 0 Å². The van der Waals surface area contributed by atoms with E-state index >= 15 is 0 Å². The van der Waals surface area contributed by atoms with Crippen molar-refractivity contribution in [3.8, 4) is 0 Å². The van der Waals surface area contributed by atoms with Crippen molar-refractivity contribution in [1.82, 2.24) is 0 Å². The molecule has 0 amide bonds. The van der Waals surface area contributed by atoms with E-state index in [0.29, 0.717) is 25.7 Å². The molecule has 14 heavy (non-hydrogen) atoms. The Morgan fingerprint density at radius 1 is 0.857 bits per heavy atom. The Morgan fingerprint density at radius 2 is 1.07 bits per heavy atom. The van der Waals surface area contributed by atoms with Crippen LogP contribution in [-0.4, -0.2) is 35.0 Å². The molecule has 4 nitrogen and oxygen atoms in total. The third kappa shape index (κ3) is 11.0. The lowest BCUT2D eigenvalue weighted by molar-refractivity contribution is -0.128. The van der Waals surface area contributed by atoms with E-state index in [2.05, 4.69) is 13.2 Å². The Balaban J connectivity index is 0. The number of rotatable bonds is 1. The second kappa shape index (κ2) is 12.0. The number of carbonyl (C=O) groups excluding carboxylic acids is 2. The summed E-state index contributed by atoms with van der Waals surface area (Å²) < 4.78 is 0. The standard InChI is InChI=1S/C6H8O2.C2H6O2.C2H4/c7-5-1-2-6(8)4-3-5;3-1-2-4;1-2/h1-4H2;3-4H,1-2H2;1-2H2. The molecule has 1 aliphatic rings. The van der Waals surface area contributed by atoms with Crippen molar-refractivity contribution in [1.29, 1.82) is 0 Å². The van der Waals surface area contributed by atoms with Crippen LogP contribution in [0, 0.1) is 0 Å². The monoisotopic (exact) mass is 202 g/mol. The summed E-state index contributed by atoms with van der Waals surface area (Å²) >= 11 is 0. The summed E-state index contributed by atoms with van der Waals surface area (Å²) in [6.07, 6.45) is 1.94. The molecule has 0 aromatic carbocycles. The first-order valence-corrected chi connectivity index (χ1v) is 4.45. The van der Waals surface area contributed by atoms with E-state index in [1.165, 1.54) is 0 Å². The van der Waals surface area contributed by atoms with Gasteiger partial charge < -0.3 is 10.2 Å². The Morgan fingerprint density at radius 3 is 1.21 bits per heavy atom. The fourth-order valence-corrected chi connectivity index (χ4v) is 0.808. The Kier molecular flexibility index (Phi) is 13.3. The number of Topliss-reactive ketones (excluding diaryl/α,β-unsaturated/α-hetero) is 2. The SMILES string of the molecule is C=C.O=C1CCC(=O)CC1.OCCO. The number of carbonyl (C=O) groups is 2. The number of hydrogen-bond donors (Lipinski definition) is 2. The largest absolute Gasteiger partial charge is 0.394 e. The van der Waals surface area contributed by atoms with E-state index in [4.69, 9.17) is 10.2 Å². The predicted octanol–water partition coefficient (Wildman–Crippen LogP) is 0.472. The maximum Gasteiger partial charge on any atom is 0.133 e. The van der Waals surface area contributed by atoms with Crippen molar-refractivity contribution < 1.29 is 19.8 Å². The van der Waals surface area contributed by atoms with E-state index in [9.17, 15) is 9.59 Å². The lowest BCUT2D eigenvalue weighted by Gasteiger charge is -2.04. The van der Waals surface area contributed by atoms with Crippen LogP contribution in [0.1, 0.15) is 25.7 Å². The molecule has 1 saturated carbocycles. The molecule has 1 aliphatic carbocycles. The number of hydrogen-bond acceptors (Lipinski definition) is 4. The summed E-state index contributed by atoms with van der Waals surface area (Å²) in [4.78, 5) is 20.9. The van der Waals surface area contributed by atoms with Crippen molar-refractivity contribution in [2.45, 2.75) is 25.7 Å². The normalized spacial score (nSPS) is 14.7. The van der Waals surface area contributed by atoms with Crippen LogP contribution in [-0.2, 0) is 9.59 Å². The molecule has 1 fully saturated rings. The van der Waals surface area contributed by atoms with Crippen LogP contribution in [0.3, 0.4) is 0 Å². The van der Waals surface area contributed by atoms with Crippen LogP contribution in [0.4, 0.5) is 0 Å². The minimum Gasteiger partial charge on any atom is -0.394 e. The third-order valence-corrected chi connectivity index (χ3v) is 1.47. The van der Waals surface area contributed by atoms with E-state index in [0.717, 1.165) is 0 Å². The van der Waals surface area contributed by atoms with Gasteiger partial charge in [0.15, 0.2) is 0 Å². The van der Waals surface area contributed by atoms with Gasteiger partial charge in [-0.15, -0.1) is 13.2 Å². The molecule has 82 valence electrons. The van der Waals surface area contributed by atoms with E-state index in [-0.39, 0.29) is 24.8 Å². The highest BCUT2D eigenvalue weighted by Gasteiger charge is 2.13. The van der Waals surface area contributed by atoms with Gasteiger partial charge in [-0.2, -0.15) is 0 Å². The number of aliphatic hydroxyl groups excluding tert-OH is 2. The Hall–Kier alpha value is -1.00. The van der Waals surface area contributed by atoms with Crippen molar-refractivity contribution in [3.63, 3.8) is 0 Å². The zero-order valence-corrected chi connectivity index (χ0v) is 8.37. The molecule has 0 bridgehead atoms. The summed E-state index contributed by atoms with van der Waals surface area (Å²) in [5.74, 6) is 0.481. The van der Waals surface area contributed by atoms with Crippen molar-refractivity contribution in [2.75, 3.05) is 13.2 Å². The Labute approximate surface area is 84.3 Å². The van der Waals surface area contributed by atoms with Gasteiger partial charge in [0.1, 0.15) is 11.6 Å². The molecule has 0 aromatic heterocycles. The molecule has 0 heterocycles. The molecular weight excluding hydrogens is 184 g/mol. The van der Waals surface area contributed by atoms with Crippen LogP contribution >= 0.6 is 0 Å². The minimum atomic E-state index is -0.125. The Bertz CT molecular complexity index is 136. The smallest absolute Gasteiger partial charge is 0.133 e. The summed E-state index contributed by atoms with van der Waals surface area (Å²) in [6.45, 7) is 5.75. The van der Waals surface area contributed by atoms with Gasteiger partial charge in [0.2, 0.25) is 0 Å². The first-order valence-electron chi connectivity index (χ1n) is 4.45. The maximum atomic E-state index is 10.5. The molecule has 1 rings (SSSR count). The molecule has 4 heteroatoms. The topological polar surface area (TPSA) is 74.6 Å². The van der Waals surface area contributed by atoms with Gasteiger partial charge in [-0.3, -0.25) is 9.59 Å². The fraction of sp³-hybridized carbons (Fsp3) is 0.600. The summed E-state index contributed by atoms with van der Waals surface area (Å²) in [5.41, 5.74) is 0. The van der Waals surface area contributed by atoms with Gasteiger partial charge in [-0.1, -0.05) is 0 Å². The molecule has 0 spiro atoms. The number of ketones is 2. The van der Waals surface area contributed by atoms with Crippen LogP contribution in [0.2, 0.25) is 0 Å². The molecular formula is C10H18O4. The van der Waals surface area contributed by atoms with Crippen LogP contribution in [0.25, 0.3) is 0 Å². The summed E-state index contributed by atoms with van der Waals surface area (Å²) in [7, 11) is 0. The molecule has 0 atom stereocenters. The minimum absolute atomic E-state index is 0.125. The van der Waals surface area contributed by atoms with Gasteiger partial charge in [0, 0.05) is 25.7 Å². The molecule has 0 saturated heterocycles. The summed E-state index contributed by atoms with van der Waals surface area (Å²) in [6, 6.07) is 0. The highest BCUT2D eigenvalue weighted by Crippen LogP contribution is 2.08. The molecule has 0 aliphatic heterocycles. The first-order chi connectivity index (χ1) is 6.70. The number of aliphatic hydroxyl groups is 2. The molecule has 0 unspecified atom stereocenters. The van der Waals surface area contributed by atoms with Crippen molar-refractivity contribution in [3.05, 3.63) is 13.2 Å². The highest BCUT2D eigenvalue weighted by atomic mass is 16.3. The average molecular weight is 202 g/mol. The predicted molar refractivity (Wildman–Crippen MR) is 53.9 cm³/mol. The fourth-order valence-electron chi connectivity index (χ4n) is 0.808. The van der Waals surface area contributed by atoms with Crippen LogP contribution < -0.4 is 0 Å². The highest BCUT2D eigenvalue weighted by molar-refractivity contribution is 5.92. The second-order valence-corrected chi connectivity index (χ2v) is 2.52. The van der Waals surface area contributed by atoms with Crippen molar-refractivity contribution >= 4 is 11.6 Å². The van der Waals surface area contributed by atoms with Gasteiger partial charge in [-0.05, 0) is 0 Å². The second-order valence-electron chi connectivity index (χ2n) is 2.52.